The molecule has 3 nitrogen and oxygen atoms in total. The average Bonchev–Trinajstić information content (AvgIpc) is 2.10. The summed E-state index contributed by atoms with van der Waals surface area (Å²) < 4.78 is 0. The molecule has 0 aliphatic heterocycles. The van der Waals surface area contributed by atoms with E-state index in [1.807, 2.05) is 7.05 Å². The molecule has 66 valence electrons. The predicted molar refractivity (Wildman–Crippen MR) is 50.3 cm³/mol. The zero-order chi connectivity index (χ0) is 8.97. The molecule has 4 N–H and O–H groups in total. The summed E-state index contributed by atoms with van der Waals surface area (Å²) in [5, 5.41) is 3.05. The molecule has 0 bridgehead atoms. The summed E-state index contributed by atoms with van der Waals surface area (Å²) in [5.41, 5.74) is 5.08. The average molecular weight is 165 g/mol. The van der Waals surface area contributed by atoms with Gasteiger partial charge in [0.15, 0.2) is 0 Å². The first-order valence-electron chi connectivity index (χ1n) is 3.98. The van der Waals surface area contributed by atoms with Crippen LogP contribution in [0.5, 0.6) is 0 Å². The smallest absolute Gasteiger partial charge is 0.0958 e. The van der Waals surface area contributed by atoms with Crippen molar-refractivity contribution in [2.24, 2.45) is 5.84 Å². The van der Waals surface area contributed by atoms with Crippen LogP contribution in [0.3, 0.4) is 0 Å². The molecule has 3 heteroatoms. The third-order valence-corrected chi connectivity index (χ3v) is 1.87. The molecule has 0 heterocycles. The molecule has 0 fully saturated rings. The molecule has 0 aliphatic carbocycles. The van der Waals surface area contributed by atoms with Crippen LogP contribution in [0.25, 0.3) is 0 Å². The zero-order valence-corrected chi connectivity index (χ0v) is 7.46. The Balaban J connectivity index is 2.80. The molecule has 1 rings (SSSR count). The van der Waals surface area contributed by atoms with Gasteiger partial charge in [-0.2, -0.15) is 0 Å². The summed E-state index contributed by atoms with van der Waals surface area (Å²) in [6.45, 7) is 2.06. The standard InChI is InChI=1S/C9H15N3/c1-7-3-5-8(6-4-7)9(11-2)12-10/h3-6,9,11-12H,10H2,1-2H3. The van der Waals surface area contributed by atoms with Gasteiger partial charge in [0.25, 0.3) is 0 Å². The molecule has 1 aromatic carbocycles. The van der Waals surface area contributed by atoms with Crippen molar-refractivity contribution in [3.63, 3.8) is 0 Å². The van der Waals surface area contributed by atoms with E-state index in [1.54, 1.807) is 0 Å². The maximum atomic E-state index is 5.34. The van der Waals surface area contributed by atoms with Gasteiger partial charge in [-0.15, -0.1) is 0 Å². The molecule has 0 spiro atoms. The van der Waals surface area contributed by atoms with Crippen molar-refractivity contribution < 1.29 is 0 Å². The molecule has 1 unspecified atom stereocenters. The Labute approximate surface area is 72.9 Å². The quantitative estimate of drug-likeness (QED) is 0.350. The highest BCUT2D eigenvalue weighted by Gasteiger charge is 2.03. The third-order valence-electron chi connectivity index (χ3n) is 1.87. The van der Waals surface area contributed by atoms with Crippen molar-refractivity contribution >= 4 is 0 Å². The minimum absolute atomic E-state index is 0.0330. The number of rotatable bonds is 3. The van der Waals surface area contributed by atoms with Crippen molar-refractivity contribution in [3.8, 4) is 0 Å². The van der Waals surface area contributed by atoms with Gasteiger partial charge in [0.2, 0.25) is 0 Å². The Morgan fingerprint density at radius 1 is 1.25 bits per heavy atom. The van der Waals surface area contributed by atoms with Gasteiger partial charge >= 0.3 is 0 Å². The van der Waals surface area contributed by atoms with Crippen LogP contribution in [0.4, 0.5) is 0 Å². The Hall–Kier alpha value is -0.900. The first kappa shape index (κ1) is 9.19. The summed E-state index contributed by atoms with van der Waals surface area (Å²) in [6, 6.07) is 8.24. The van der Waals surface area contributed by atoms with E-state index in [2.05, 4.69) is 41.9 Å². The molecule has 1 aromatic rings. The summed E-state index contributed by atoms with van der Waals surface area (Å²) in [5.74, 6) is 5.34. The third kappa shape index (κ3) is 2.04. The Morgan fingerprint density at radius 3 is 2.25 bits per heavy atom. The highest BCUT2D eigenvalue weighted by Crippen LogP contribution is 2.09. The SMILES string of the molecule is CNC(NN)c1ccc(C)cc1. The second-order valence-electron chi connectivity index (χ2n) is 2.80. The molecule has 0 amide bonds. The fraction of sp³-hybridized carbons (Fsp3) is 0.333. The maximum Gasteiger partial charge on any atom is 0.0958 e. The van der Waals surface area contributed by atoms with Crippen molar-refractivity contribution in [3.05, 3.63) is 35.4 Å². The summed E-state index contributed by atoms with van der Waals surface area (Å²) in [6.07, 6.45) is 0.0330. The van der Waals surface area contributed by atoms with Crippen molar-refractivity contribution in [2.75, 3.05) is 7.05 Å². The Morgan fingerprint density at radius 2 is 1.83 bits per heavy atom. The van der Waals surface area contributed by atoms with Gasteiger partial charge in [0.05, 0.1) is 6.17 Å². The van der Waals surface area contributed by atoms with Crippen LogP contribution in [0, 0.1) is 6.92 Å². The number of nitrogens with one attached hydrogen (secondary N) is 2. The highest BCUT2D eigenvalue weighted by molar-refractivity contribution is 5.23. The molecule has 0 saturated carbocycles. The van der Waals surface area contributed by atoms with Gasteiger partial charge in [-0.05, 0) is 19.5 Å². The van der Waals surface area contributed by atoms with E-state index >= 15 is 0 Å². The van der Waals surface area contributed by atoms with Crippen molar-refractivity contribution in [1.29, 1.82) is 0 Å². The molecule has 1 atom stereocenters. The van der Waals surface area contributed by atoms with E-state index < -0.39 is 0 Å². The number of aryl methyl sites for hydroxylation is 1. The molecular weight excluding hydrogens is 150 g/mol. The van der Waals surface area contributed by atoms with Crippen LogP contribution in [0.2, 0.25) is 0 Å². The van der Waals surface area contributed by atoms with Gasteiger partial charge in [-0.3, -0.25) is 5.84 Å². The lowest BCUT2D eigenvalue weighted by Gasteiger charge is -2.14. The number of nitrogens with two attached hydrogens (primary N) is 1. The van der Waals surface area contributed by atoms with Gasteiger partial charge in [0, 0.05) is 0 Å². The van der Waals surface area contributed by atoms with Crippen LogP contribution in [-0.2, 0) is 0 Å². The van der Waals surface area contributed by atoms with E-state index in [4.69, 9.17) is 5.84 Å². The summed E-state index contributed by atoms with van der Waals surface area (Å²) in [4.78, 5) is 0. The first-order chi connectivity index (χ1) is 5.77. The topological polar surface area (TPSA) is 50.1 Å². The summed E-state index contributed by atoms with van der Waals surface area (Å²) >= 11 is 0. The fourth-order valence-corrected chi connectivity index (χ4v) is 1.11. The van der Waals surface area contributed by atoms with Crippen molar-refractivity contribution in [2.45, 2.75) is 13.1 Å². The molecule has 0 radical (unpaired) electrons. The number of hydrazine groups is 1. The molecular formula is C9H15N3. The largest absolute Gasteiger partial charge is 0.300 e. The van der Waals surface area contributed by atoms with Crippen molar-refractivity contribution in [1.82, 2.24) is 10.7 Å². The normalized spacial score (nSPS) is 12.9. The Bertz CT molecular complexity index is 226. The van der Waals surface area contributed by atoms with Crippen LogP contribution in [0.1, 0.15) is 17.3 Å². The van der Waals surface area contributed by atoms with E-state index in [9.17, 15) is 0 Å². The van der Waals surface area contributed by atoms with Gasteiger partial charge in [-0.1, -0.05) is 29.8 Å². The van der Waals surface area contributed by atoms with Crippen LogP contribution >= 0.6 is 0 Å². The lowest BCUT2D eigenvalue weighted by atomic mass is 10.1. The van der Waals surface area contributed by atoms with E-state index in [0.29, 0.717) is 0 Å². The predicted octanol–water partition coefficient (Wildman–Crippen LogP) is 0.676. The number of benzene rings is 1. The monoisotopic (exact) mass is 165 g/mol. The van der Waals surface area contributed by atoms with Crippen LogP contribution in [-0.4, -0.2) is 7.05 Å². The summed E-state index contributed by atoms with van der Waals surface area (Å²) in [7, 11) is 1.87. The molecule has 0 aromatic heterocycles. The van der Waals surface area contributed by atoms with Gasteiger partial charge in [-0.25, -0.2) is 5.43 Å². The number of hydrogen-bond acceptors (Lipinski definition) is 3. The van der Waals surface area contributed by atoms with E-state index in [1.165, 1.54) is 5.56 Å². The number of hydrogen-bond donors (Lipinski definition) is 3. The Kier molecular flexibility index (Phi) is 3.22. The van der Waals surface area contributed by atoms with Crippen LogP contribution in [0.15, 0.2) is 24.3 Å². The molecule has 12 heavy (non-hydrogen) atoms. The van der Waals surface area contributed by atoms with E-state index in [0.717, 1.165) is 5.56 Å². The minimum atomic E-state index is 0.0330. The zero-order valence-electron chi connectivity index (χ0n) is 7.46. The van der Waals surface area contributed by atoms with Gasteiger partial charge in [0.1, 0.15) is 0 Å². The first-order valence-corrected chi connectivity index (χ1v) is 3.98. The van der Waals surface area contributed by atoms with Gasteiger partial charge < -0.3 is 5.32 Å². The van der Waals surface area contributed by atoms with E-state index in [-0.39, 0.29) is 6.17 Å². The highest BCUT2D eigenvalue weighted by atomic mass is 15.3. The molecule has 0 aliphatic rings. The molecule has 0 saturated heterocycles. The maximum absolute atomic E-state index is 5.34. The minimum Gasteiger partial charge on any atom is -0.300 e. The van der Waals surface area contributed by atoms with Crippen LogP contribution < -0.4 is 16.6 Å². The lowest BCUT2D eigenvalue weighted by Crippen LogP contribution is -2.36. The fourth-order valence-electron chi connectivity index (χ4n) is 1.11. The second kappa shape index (κ2) is 4.21. The second-order valence-corrected chi connectivity index (χ2v) is 2.80. The lowest BCUT2D eigenvalue weighted by molar-refractivity contribution is 0.488.